The predicted molar refractivity (Wildman–Crippen MR) is 110 cm³/mol. The maximum Gasteiger partial charge on any atom is 0.270 e. The SMILES string of the molecule is Cc1ccc(NC(=O)[C@@H](C)Sc2nc(-c3ccccc3)c(C#N)c(=O)[nH]2)cc1. The molecule has 0 saturated heterocycles. The fraction of sp³-hybridized carbons (Fsp3) is 0.143. The van der Waals surface area contributed by atoms with Gasteiger partial charge in [0.05, 0.1) is 10.9 Å². The van der Waals surface area contributed by atoms with E-state index in [4.69, 9.17) is 0 Å². The first-order chi connectivity index (χ1) is 13.5. The molecule has 1 atom stereocenters. The Bertz CT molecular complexity index is 1090. The van der Waals surface area contributed by atoms with E-state index in [1.807, 2.05) is 55.5 Å². The fourth-order valence-electron chi connectivity index (χ4n) is 2.52. The van der Waals surface area contributed by atoms with E-state index in [0.29, 0.717) is 16.9 Å². The summed E-state index contributed by atoms with van der Waals surface area (Å²) in [6.07, 6.45) is 0. The molecule has 7 heteroatoms. The van der Waals surface area contributed by atoms with Crippen molar-refractivity contribution < 1.29 is 4.79 Å². The van der Waals surface area contributed by atoms with E-state index < -0.39 is 10.8 Å². The Morgan fingerprint density at radius 2 is 1.86 bits per heavy atom. The molecule has 1 heterocycles. The maximum atomic E-state index is 12.5. The highest BCUT2D eigenvalue weighted by Gasteiger charge is 2.19. The molecule has 6 nitrogen and oxygen atoms in total. The molecule has 0 saturated carbocycles. The van der Waals surface area contributed by atoms with Gasteiger partial charge in [-0.3, -0.25) is 9.59 Å². The van der Waals surface area contributed by atoms with Gasteiger partial charge in [0, 0.05) is 11.3 Å². The van der Waals surface area contributed by atoms with E-state index in [9.17, 15) is 14.9 Å². The molecule has 3 rings (SSSR count). The maximum absolute atomic E-state index is 12.5. The minimum Gasteiger partial charge on any atom is -0.325 e. The predicted octanol–water partition coefficient (Wildman–Crippen LogP) is 3.74. The number of nitrogens with zero attached hydrogens (tertiary/aromatic N) is 2. The van der Waals surface area contributed by atoms with Gasteiger partial charge in [0.15, 0.2) is 5.16 Å². The van der Waals surface area contributed by atoms with Gasteiger partial charge >= 0.3 is 0 Å². The Kier molecular flexibility index (Phi) is 5.92. The summed E-state index contributed by atoms with van der Waals surface area (Å²) >= 11 is 1.13. The van der Waals surface area contributed by atoms with Gasteiger partial charge in [0.1, 0.15) is 11.6 Å². The van der Waals surface area contributed by atoms with Crippen LogP contribution in [0.25, 0.3) is 11.3 Å². The molecule has 2 N–H and O–H groups in total. The minimum absolute atomic E-state index is 0.0488. The molecule has 0 aliphatic carbocycles. The fourth-order valence-corrected chi connectivity index (χ4v) is 3.32. The van der Waals surface area contributed by atoms with Gasteiger partial charge in [0.2, 0.25) is 5.91 Å². The molecule has 2 aromatic carbocycles. The number of carbonyl (C=O) groups excluding carboxylic acids is 1. The molecule has 0 radical (unpaired) electrons. The van der Waals surface area contributed by atoms with Crippen LogP contribution in [0.1, 0.15) is 18.1 Å². The first-order valence-corrected chi connectivity index (χ1v) is 9.50. The summed E-state index contributed by atoms with van der Waals surface area (Å²) < 4.78 is 0. The van der Waals surface area contributed by atoms with E-state index in [1.54, 1.807) is 19.1 Å². The lowest BCUT2D eigenvalue weighted by molar-refractivity contribution is -0.115. The van der Waals surface area contributed by atoms with Gasteiger partial charge in [-0.1, -0.05) is 59.8 Å². The highest BCUT2D eigenvalue weighted by atomic mass is 32.2. The monoisotopic (exact) mass is 390 g/mol. The number of anilines is 1. The number of aryl methyl sites for hydroxylation is 1. The van der Waals surface area contributed by atoms with Crippen molar-refractivity contribution in [1.82, 2.24) is 9.97 Å². The molecular weight excluding hydrogens is 372 g/mol. The lowest BCUT2D eigenvalue weighted by Crippen LogP contribution is -2.23. The van der Waals surface area contributed by atoms with Crippen molar-refractivity contribution in [2.75, 3.05) is 5.32 Å². The largest absolute Gasteiger partial charge is 0.325 e. The van der Waals surface area contributed by atoms with Crippen LogP contribution in [-0.4, -0.2) is 21.1 Å². The number of aromatic amines is 1. The second-order valence-electron chi connectivity index (χ2n) is 6.19. The number of nitriles is 1. The van der Waals surface area contributed by atoms with Crippen molar-refractivity contribution in [3.8, 4) is 17.3 Å². The summed E-state index contributed by atoms with van der Waals surface area (Å²) in [6.45, 7) is 3.70. The third kappa shape index (κ3) is 4.48. The average Bonchev–Trinajstić information content (AvgIpc) is 2.70. The van der Waals surface area contributed by atoms with Gasteiger partial charge in [0.25, 0.3) is 5.56 Å². The molecule has 1 amide bonds. The zero-order chi connectivity index (χ0) is 20.1. The van der Waals surface area contributed by atoms with Crippen LogP contribution in [0.5, 0.6) is 0 Å². The second kappa shape index (κ2) is 8.55. The number of H-pyrrole nitrogens is 1. The number of aromatic nitrogens is 2. The summed E-state index contributed by atoms with van der Waals surface area (Å²) in [7, 11) is 0. The molecule has 3 aromatic rings. The summed E-state index contributed by atoms with van der Waals surface area (Å²) in [5.41, 5.74) is 2.21. The highest BCUT2D eigenvalue weighted by molar-refractivity contribution is 8.00. The third-order valence-electron chi connectivity index (χ3n) is 4.03. The molecule has 0 aliphatic heterocycles. The number of benzene rings is 2. The Labute approximate surface area is 166 Å². The lowest BCUT2D eigenvalue weighted by atomic mass is 10.1. The zero-order valence-electron chi connectivity index (χ0n) is 15.4. The van der Waals surface area contributed by atoms with E-state index >= 15 is 0 Å². The van der Waals surface area contributed by atoms with Crippen molar-refractivity contribution >= 4 is 23.4 Å². The molecule has 0 aliphatic rings. The average molecular weight is 390 g/mol. The van der Waals surface area contributed by atoms with Crippen LogP contribution in [0.4, 0.5) is 5.69 Å². The molecular formula is C21H18N4O2S. The summed E-state index contributed by atoms with van der Waals surface area (Å²) in [4.78, 5) is 31.8. The molecule has 0 spiro atoms. The van der Waals surface area contributed by atoms with E-state index in [1.165, 1.54) is 0 Å². The number of rotatable bonds is 5. The quantitative estimate of drug-likeness (QED) is 0.511. The van der Waals surface area contributed by atoms with Gasteiger partial charge in [-0.2, -0.15) is 5.26 Å². The van der Waals surface area contributed by atoms with Crippen LogP contribution in [0.3, 0.4) is 0 Å². The number of nitrogens with one attached hydrogen (secondary N) is 2. The third-order valence-corrected chi connectivity index (χ3v) is 5.02. The van der Waals surface area contributed by atoms with Crippen LogP contribution < -0.4 is 10.9 Å². The highest BCUT2D eigenvalue weighted by Crippen LogP contribution is 2.24. The van der Waals surface area contributed by atoms with Crippen LogP contribution in [0, 0.1) is 18.3 Å². The van der Waals surface area contributed by atoms with Crippen molar-refractivity contribution in [3.63, 3.8) is 0 Å². The number of carbonyl (C=O) groups is 1. The summed E-state index contributed by atoms with van der Waals surface area (Å²) in [6, 6.07) is 18.4. The van der Waals surface area contributed by atoms with Crippen LogP contribution >= 0.6 is 11.8 Å². The van der Waals surface area contributed by atoms with Crippen molar-refractivity contribution in [3.05, 3.63) is 76.1 Å². The molecule has 0 bridgehead atoms. The van der Waals surface area contributed by atoms with Gasteiger partial charge < -0.3 is 10.3 Å². The summed E-state index contributed by atoms with van der Waals surface area (Å²) in [5, 5.41) is 12.0. The Morgan fingerprint density at radius 1 is 1.18 bits per heavy atom. The van der Waals surface area contributed by atoms with E-state index in [0.717, 1.165) is 17.3 Å². The molecule has 140 valence electrons. The van der Waals surface area contributed by atoms with Gasteiger partial charge in [-0.25, -0.2) is 4.98 Å². The Hall–Kier alpha value is -3.37. The standard InChI is InChI=1S/C21H18N4O2S/c1-13-8-10-16(11-9-13)23-19(26)14(2)28-21-24-18(15-6-4-3-5-7-15)17(12-22)20(27)25-21/h3-11,14H,1-2H3,(H,23,26)(H,24,25,27)/t14-/m1/s1. The smallest absolute Gasteiger partial charge is 0.270 e. The lowest BCUT2D eigenvalue weighted by Gasteiger charge is -2.12. The van der Waals surface area contributed by atoms with E-state index in [2.05, 4.69) is 15.3 Å². The molecule has 0 unspecified atom stereocenters. The normalized spacial score (nSPS) is 11.5. The van der Waals surface area contributed by atoms with Crippen molar-refractivity contribution in [2.45, 2.75) is 24.3 Å². The van der Waals surface area contributed by atoms with Crippen molar-refractivity contribution in [1.29, 1.82) is 5.26 Å². The molecule has 1 aromatic heterocycles. The van der Waals surface area contributed by atoms with Crippen molar-refractivity contribution in [2.24, 2.45) is 0 Å². The first kappa shape index (κ1) is 19.4. The van der Waals surface area contributed by atoms with Crippen LogP contribution in [-0.2, 0) is 4.79 Å². The first-order valence-electron chi connectivity index (χ1n) is 8.62. The van der Waals surface area contributed by atoms with Gasteiger partial charge in [-0.15, -0.1) is 0 Å². The Morgan fingerprint density at radius 3 is 2.50 bits per heavy atom. The van der Waals surface area contributed by atoms with Crippen LogP contribution in [0.15, 0.2) is 64.5 Å². The van der Waals surface area contributed by atoms with Gasteiger partial charge in [-0.05, 0) is 26.0 Å². The second-order valence-corrected chi connectivity index (χ2v) is 7.52. The number of hydrogen-bond acceptors (Lipinski definition) is 5. The van der Waals surface area contributed by atoms with E-state index in [-0.39, 0.29) is 16.6 Å². The summed E-state index contributed by atoms with van der Waals surface area (Å²) in [5.74, 6) is -0.206. The Balaban J connectivity index is 1.83. The zero-order valence-corrected chi connectivity index (χ0v) is 16.2. The number of amides is 1. The number of thioether (sulfide) groups is 1. The topological polar surface area (TPSA) is 98.6 Å². The number of hydrogen-bond donors (Lipinski definition) is 2. The minimum atomic E-state index is -0.523. The van der Waals surface area contributed by atoms with Crippen LogP contribution in [0.2, 0.25) is 0 Å². The molecule has 28 heavy (non-hydrogen) atoms. The molecule has 0 fully saturated rings.